The highest BCUT2D eigenvalue weighted by Gasteiger charge is 2.40. The van der Waals surface area contributed by atoms with Crippen LogP contribution in [0.4, 0.5) is 0 Å². The van der Waals surface area contributed by atoms with Crippen LogP contribution in [-0.2, 0) is 18.4 Å². The summed E-state index contributed by atoms with van der Waals surface area (Å²) in [5, 5.41) is 3.39. The highest BCUT2D eigenvalue weighted by atomic mass is 15.0. The van der Waals surface area contributed by atoms with Gasteiger partial charge >= 0.3 is 0 Å². The van der Waals surface area contributed by atoms with Crippen LogP contribution >= 0.6 is 0 Å². The van der Waals surface area contributed by atoms with E-state index in [1.807, 2.05) is 6.20 Å². The van der Waals surface area contributed by atoms with Crippen LogP contribution in [0.15, 0.2) is 36.5 Å². The van der Waals surface area contributed by atoms with Crippen LogP contribution in [0.1, 0.15) is 48.3 Å². The minimum atomic E-state index is 0.0428. The van der Waals surface area contributed by atoms with Gasteiger partial charge in [0, 0.05) is 37.0 Å². The third-order valence-corrected chi connectivity index (χ3v) is 5.02. The van der Waals surface area contributed by atoms with E-state index in [1.54, 1.807) is 0 Å². The van der Waals surface area contributed by atoms with Gasteiger partial charge in [-0.25, -0.2) is 9.97 Å². The monoisotopic (exact) mass is 279 g/mol. The van der Waals surface area contributed by atoms with Gasteiger partial charge in [0.25, 0.3) is 0 Å². The standard InChI is InChI=1S/C18H21N3/c1-2-6-15(7-3-1)18(9-4-5-10-18)17-20-13-14-12-19-11-8-16(14)21-17/h1-3,6-7,13,19H,4-5,8-12H2. The molecule has 1 aromatic heterocycles. The van der Waals surface area contributed by atoms with Crippen molar-refractivity contribution < 1.29 is 0 Å². The molecule has 0 atom stereocenters. The number of nitrogens with one attached hydrogen (secondary N) is 1. The number of benzene rings is 1. The van der Waals surface area contributed by atoms with Gasteiger partial charge in [-0.05, 0) is 18.4 Å². The van der Waals surface area contributed by atoms with Crippen molar-refractivity contribution in [2.24, 2.45) is 0 Å². The number of hydrogen-bond donors (Lipinski definition) is 1. The summed E-state index contributed by atoms with van der Waals surface area (Å²) in [6.45, 7) is 1.94. The third-order valence-electron chi connectivity index (χ3n) is 5.02. The highest BCUT2D eigenvalue weighted by Crippen LogP contribution is 2.45. The molecule has 0 saturated heterocycles. The van der Waals surface area contributed by atoms with Crippen LogP contribution in [0.25, 0.3) is 0 Å². The fourth-order valence-corrected chi connectivity index (χ4v) is 3.84. The summed E-state index contributed by atoms with van der Waals surface area (Å²) in [6.07, 6.45) is 7.97. The Morgan fingerprint density at radius 3 is 2.67 bits per heavy atom. The summed E-state index contributed by atoms with van der Waals surface area (Å²) in [5.41, 5.74) is 3.95. The molecule has 2 heterocycles. The molecule has 1 aliphatic carbocycles. The molecule has 1 fully saturated rings. The van der Waals surface area contributed by atoms with E-state index in [0.717, 1.165) is 25.3 Å². The highest BCUT2D eigenvalue weighted by molar-refractivity contribution is 5.35. The van der Waals surface area contributed by atoms with Crippen LogP contribution in [0.5, 0.6) is 0 Å². The Morgan fingerprint density at radius 2 is 1.86 bits per heavy atom. The summed E-state index contributed by atoms with van der Waals surface area (Å²) in [5.74, 6) is 1.05. The van der Waals surface area contributed by atoms with Gasteiger partial charge in [0.1, 0.15) is 5.82 Å². The maximum absolute atomic E-state index is 4.99. The van der Waals surface area contributed by atoms with Gasteiger partial charge in [-0.2, -0.15) is 0 Å². The molecule has 1 aromatic carbocycles. The van der Waals surface area contributed by atoms with Crippen molar-refractivity contribution in [1.82, 2.24) is 15.3 Å². The quantitative estimate of drug-likeness (QED) is 0.918. The van der Waals surface area contributed by atoms with Crippen molar-refractivity contribution in [3.63, 3.8) is 0 Å². The molecule has 2 aromatic rings. The van der Waals surface area contributed by atoms with Gasteiger partial charge in [0.15, 0.2) is 0 Å². The maximum Gasteiger partial charge on any atom is 0.139 e. The third kappa shape index (κ3) is 2.16. The molecule has 108 valence electrons. The Balaban J connectivity index is 1.81. The molecule has 21 heavy (non-hydrogen) atoms. The normalized spacial score (nSPS) is 20.2. The fourth-order valence-electron chi connectivity index (χ4n) is 3.84. The Morgan fingerprint density at radius 1 is 1.05 bits per heavy atom. The van der Waals surface area contributed by atoms with Gasteiger partial charge in [-0.3, -0.25) is 0 Å². The molecule has 4 rings (SSSR count). The van der Waals surface area contributed by atoms with Crippen molar-refractivity contribution in [3.8, 4) is 0 Å². The first-order chi connectivity index (χ1) is 10.4. The first-order valence-corrected chi connectivity index (χ1v) is 8.00. The largest absolute Gasteiger partial charge is 0.312 e. The molecule has 1 N–H and O–H groups in total. The van der Waals surface area contributed by atoms with E-state index in [2.05, 4.69) is 35.6 Å². The molecule has 3 nitrogen and oxygen atoms in total. The predicted octanol–water partition coefficient (Wildman–Crippen LogP) is 2.98. The molecule has 1 saturated carbocycles. The van der Waals surface area contributed by atoms with Crippen molar-refractivity contribution >= 4 is 0 Å². The number of fused-ring (bicyclic) bond motifs is 1. The SMILES string of the molecule is c1ccc(C2(c3ncc4c(n3)CCNC4)CCCC2)cc1. The van der Waals surface area contributed by atoms with Crippen molar-refractivity contribution in [3.05, 3.63) is 59.2 Å². The van der Waals surface area contributed by atoms with Gasteiger partial charge < -0.3 is 5.32 Å². The first-order valence-electron chi connectivity index (χ1n) is 8.00. The van der Waals surface area contributed by atoms with E-state index >= 15 is 0 Å². The predicted molar refractivity (Wildman–Crippen MR) is 83.1 cm³/mol. The Bertz CT molecular complexity index is 630. The summed E-state index contributed by atoms with van der Waals surface area (Å²) in [4.78, 5) is 9.76. The Hall–Kier alpha value is -1.74. The topological polar surface area (TPSA) is 37.8 Å². The van der Waals surface area contributed by atoms with E-state index in [0.29, 0.717) is 0 Å². The molecular weight excluding hydrogens is 258 g/mol. The zero-order valence-electron chi connectivity index (χ0n) is 12.3. The average molecular weight is 279 g/mol. The van der Waals surface area contributed by atoms with Gasteiger partial charge in [0.2, 0.25) is 0 Å². The zero-order chi connectivity index (χ0) is 14.1. The number of rotatable bonds is 2. The van der Waals surface area contributed by atoms with Crippen LogP contribution in [0.2, 0.25) is 0 Å². The van der Waals surface area contributed by atoms with Gasteiger partial charge in [-0.1, -0.05) is 43.2 Å². The Labute approximate surface area is 125 Å². The summed E-state index contributed by atoms with van der Waals surface area (Å²) < 4.78 is 0. The number of nitrogens with zero attached hydrogens (tertiary/aromatic N) is 2. The van der Waals surface area contributed by atoms with Crippen LogP contribution in [-0.4, -0.2) is 16.5 Å². The lowest BCUT2D eigenvalue weighted by Crippen LogP contribution is -2.30. The van der Waals surface area contributed by atoms with E-state index in [4.69, 9.17) is 9.97 Å². The van der Waals surface area contributed by atoms with Crippen LogP contribution < -0.4 is 5.32 Å². The molecule has 0 bridgehead atoms. The molecule has 2 aliphatic rings. The maximum atomic E-state index is 4.99. The summed E-state index contributed by atoms with van der Waals surface area (Å²) in [6, 6.07) is 10.9. The average Bonchev–Trinajstić information content (AvgIpc) is 3.06. The van der Waals surface area contributed by atoms with Crippen LogP contribution in [0, 0.1) is 0 Å². The van der Waals surface area contributed by atoms with E-state index in [-0.39, 0.29) is 5.41 Å². The summed E-state index contributed by atoms with van der Waals surface area (Å²) in [7, 11) is 0. The molecule has 0 unspecified atom stereocenters. The number of hydrogen-bond acceptors (Lipinski definition) is 3. The van der Waals surface area contributed by atoms with Crippen molar-refractivity contribution in [1.29, 1.82) is 0 Å². The lowest BCUT2D eigenvalue weighted by Gasteiger charge is -2.29. The van der Waals surface area contributed by atoms with Crippen molar-refractivity contribution in [2.75, 3.05) is 6.54 Å². The lowest BCUT2D eigenvalue weighted by molar-refractivity contribution is 0.490. The second-order valence-electron chi connectivity index (χ2n) is 6.25. The van der Waals surface area contributed by atoms with E-state index in [1.165, 1.54) is 42.5 Å². The molecule has 0 radical (unpaired) electrons. The van der Waals surface area contributed by atoms with E-state index < -0.39 is 0 Å². The molecule has 1 aliphatic heterocycles. The smallest absolute Gasteiger partial charge is 0.139 e. The lowest BCUT2D eigenvalue weighted by atomic mass is 9.78. The molecule has 0 amide bonds. The minimum absolute atomic E-state index is 0.0428. The zero-order valence-corrected chi connectivity index (χ0v) is 12.3. The number of aromatic nitrogens is 2. The minimum Gasteiger partial charge on any atom is -0.312 e. The van der Waals surface area contributed by atoms with E-state index in [9.17, 15) is 0 Å². The van der Waals surface area contributed by atoms with Crippen LogP contribution in [0.3, 0.4) is 0 Å². The second kappa shape index (κ2) is 5.23. The summed E-state index contributed by atoms with van der Waals surface area (Å²) >= 11 is 0. The molecule has 0 spiro atoms. The molecular formula is C18H21N3. The van der Waals surface area contributed by atoms with Gasteiger partial charge in [0.05, 0.1) is 5.41 Å². The van der Waals surface area contributed by atoms with Crippen molar-refractivity contribution in [2.45, 2.75) is 44.1 Å². The fraction of sp³-hybridized carbons (Fsp3) is 0.444. The van der Waals surface area contributed by atoms with Gasteiger partial charge in [-0.15, -0.1) is 0 Å². The molecule has 3 heteroatoms. The second-order valence-corrected chi connectivity index (χ2v) is 6.25. The Kier molecular flexibility index (Phi) is 3.23. The first kappa shape index (κ1) is 13.0.